The average molecular weight is 595 g/mol. The van der Waals surface area contributed by atoms with Gasteiger partial charge < -0.3 is 24.8 Å². The van der Waals surface area contributed by atoms with Crippen molar-refractivity contribution in [2.24, 2.45) is 0 Å². The van der Waals surface area contributed by atoms with Crippen molar-refractivity contribution in [1.82, 2.24) is 0 Å². The summed E-state index contributed by atoms with van der Waals surface area (Å²) in [6.07, 6.45) is 11.0. The van der Waals surface area contributed by atoms with E-state index in [9.17, 15) is 0 Å². The Labute approximate surface area is 246 Å². The molecule has 0 spiro atoms. The molecule has 0 saturated carbocycles. The molecular weight excluding hydrogens is 558 g/mol. The Morgan fingerprint density at radius 1 is 0.806 bits per heavy atom. The molecule has 0 atom stereocenters. The van der Waals surface area contributed by atoms with Crippen LogP contribution in [0.25, 0.3) is 11.1 Å². The minimum atomic E-state index is 0. The Balaban J connectivity index is 0.000000356. The van der Waals surface area contributed by atoms with E-state index < -0.39 is 0 Å². The minimum absolute atomic E-state index is 0. The third kappa shape index (κ3) is 9.09. The summed E-state index contributed by atoms with van der Waals surface area (Å²) >= 11 is 1.46. The molecule has 0 saturated heterocycles. The van der Waals surface area contributed by atoms with Gasteiger partial charge in [-0.2, -0.15) is 29.8 Å². The van der Waals surface area contributed by atoms with E-state index >= 15 is 0 Å². The zero-order chi connectivity index (χ0) is 24.8. The average Bonchev–Trinajstić information content (AvgIpc) is 3.49. The van der Waals surface area contributed by atoms with Gasteiger partial charge in [0.1, 0.15) is 0 Å². The zero-order valence-electron chi connectivity index (χ0n) is 22.3. The monoisotopic (exact) mass is 592 g/mol. The summed E-state index contributed by atoms with van der Waals surface area (Å²) in [4.78, 5) is 0. The van der Waals surface area contributed by atoms with E-state index in [0.29, 0.717) is 0 Å². The summed E-state index contributed by atoms with van der Waals surface area (Å²) in [6.45, 7) is 13.6. The summed E-state index contributed by atoms with van der Waals surface area (Å²) < 4.78 is 2.17. The Morgan fingerprint density at radius 2 is 1.47 bits per heavy atom. The van der Waals surface area contributed by atoms with Crippen molar-refractivity contribution < 1.29 is 49.0 Å². The second kappa shape index (κ2) is 14.4. The SMILES string of the molecule is CC(C)(C)c1[c-]c2c(cc1)-c1ccc(C(C)(C)C)cc1C2.[C-]1=CC=CC1.[Cl-].[Cl-].[Zr+2]=[CH]c1ccccc1. The molecule has 0 heterocycles. The topological polar surface area (TPSA) is 0 Å². The van der Waals surface area contributed by atoms with E-state index in [1.165, 1.54) is 63.2 Å². The van der Waals surface area contributed by atoms with Gasteiger partial charge in [0.15, 0.2) is 0 Å². The van der Waals surface area contributed by atoms with Gasteiger partial charge in [-0.1, -0.05) is 65.3 Å². The molecule has 2 aliphatic rings. The van der Waals surface area contributed by atoms with E-state index in [0.717, 1.165) is 12.8 Å². The molecular formula is C33H36Cl2Zr-2. The number of fused-ring (bicyclic) bond motifs is 3. The zero-order valence-corrected chi connectivity index (χ0v) is 26.2. The summed E-state index contributed by atoms with van der Waals surface area (Å²) in [7, 11) is 0. The summed E-state index contributed by atoms with van der Waals surface area (Å²) in [5, 5.41) is 0. The van der Waals surface area contributed by atoms with Gasteiger partial charge in [0, 0.05) is 0 Å². The van der Waals surface area contributed by atoms with E-state index in [1.54, 1.807) is 0 Å². The molecule has 0 unspecified atom stereocenters. The molecule has 2 aliphatic carbocycles. The molecule has 0 aliphatic heterocycles. The normalized spacial score (nSPS) is 12.6. The van der Waals surface area contributed by atoms with Crippen molar-refractivity contribution in [2.75, 3.05) is 0 Å². The fourth-order valence-corrected chi connectivity index (χ4v) is 4.39. The quantitative estimate of drug-likeness (QED) is 0.297. The molecule has 0 aromatic heterocycles. The molecule has 0 bridgehead atoms. The number of benzene rings is 3. The molecule has 3 aromatic rings. The van der Waals surface area contributed by atoms with Crippen LogP contribution in [0.5, 0.6) is 0 Å². The third-order valence-electron chi connectivity index (χ3n) is 6.02. The first-order chi connectivity index (χ1) is 16.1. The van der Waals surface area contributed by atoms with E-state index in [-0.39, 0.29) is 35.6 Å². The van der Waals surface area contributed by atoms with Gasteiger partial charge >= 0.3 is 63.8 Å². The summed E-state index contributed by atoms with van der Waals surface area (Å²) in [5.74, 6) is 0. The van der Waals surface area contributed by atoms with Crippen LogP contribution in [-0.2, 0) is 41.5 Å². The first-order valence-electron chi connectivity index (χ1n) is 12.1. The number of rotatable bonds is 1. The Bertz CT molecular complexity index is 1110. The van der Waals surface area contributed by atoms with Crippen molar-refractivity contribution in [3.63, 3.8) is 0 Å². The van der Waals surface area contributed by atoms with Crippen molar-refractivity contribution in [2.45, 2.75) is 65.2 Å². The summed E-state index contributed by atoms with van der Waals surface area (Å²) in [6, 6.07) is 25.5. The van der Waals surface area contributed by atoms with Crippen LogP contribution in [0.3, 0.4) is 0 Å². The first-order valence-corrected chi connectivity index (χ1v) is 13.5. The van der Waals surface area contributed by atoms with Gasteiger partial charge in [0.2, 0.25) is 0 Å². The third-order valence-corrected chi connectivity index (χ3v) is 6.84. The fourth-order valence-electron chi connectivity index (χ4n) is 3.92. The second-order valence-corrected chi connectivity index (χ2v) is 11.6. The second-order valence-electron chi connectivity index (χ2n) is 10.9. The van der Waals surface area contributed by atoms with Gasteiger partial charge in [-0.25, -0.2) is 12.2 Å². The summed E-state index contributed by atoms with van der Waals surface area (Å²) in [5.41, 5.74) is 10.0. The molecule has 3 heteroatoms. The Morgan fingerprint density at radius 3 is 1.94 bits per heavy atom. The first kappa shape index (κ1) is 32.5. The standard InChI is InChI=1S/C21H25.C7H6.C5H5.2ClH.Zr/c1-20(2,3)16-7-9-18-14(12-16)11-15-13-17(21(4,5)6)8-10-19(15)18;1-7-5-3-2-4-6-7;1-2-4-5-3-1;;;/h7-10,12H,11H2,1-6H3;1-6H;1-3H,4H2;2*1H;/q-1;;-1;;;+2/p-2. The van der Waals surface area contributed by atoms with Crippen molar-refractivity contribution in [3.8, 4) is 11.1 Å². The van der Waals surface area contributed by atoms with Crippen LogP contribution >= 0.6 is 0 Å². The molecule has 0 amide bonds. The van der Waals surface area contributed by atoms with Crippen LogP contribution in [0.1, 0.15) is 75.8 Å². The van der Waals surface area contributed by atoms with Gasteiger partial charge in [-0.3, -0.25) is 6.08 Å². The number of halogens is 2. The van der Waals surface area contributed by atoms with Gasteiger partial charge in [0.25, 0.3) is 0 Å². The molecule has 5 rings (SSSR count). The maximum atomic E-state index is 3.67. The van der Waals surface area contributed by atoms with E-state index in [4.69, 9.17) is 0 Å². The Hall–Kier alpha value is -1.53. The van der Waals surface area contributed by atoms with E-state index in [1.807, 2.05) is 18.2 Å². The Kier molecular flexibility index (Phi) is 13.0. The molecule has 0 fully saturated rings. The van der Waals surface area contributed by atoms with Crippen molar-refractivity contribution in [1.29, 1.82) is 0 Å². The molecule has 0 nitrogen and oxygen atoms in total. The molecule has 0 radical (unpaired) electrons. The van der Waals surface area contributed by atoms with Crippen LogP contribution in [0.15, 0.2) is 78.9 Å². The van der Waals surface area contributed by atoms with Gasteiger partial charge in [-0.15, -0.1) is 17.5 Å². The van der Waals surface area contributed by atoms with Crippen molar-refractivity contribution in [3.05, 3.63) is 119 Å². The number of hydrogen-bond donors (Lipinski definition) is 0. The molecule has 0 N–H and O–H groups in total. The van der Waals surface area contributed by atoms with Gasteiger partial charge in [0.05, 0.1) is 0 Å². The molecule has 36 heavy (non-hydrogen) atoms. The van der Waals surface area contributed by atoms with Crippen LogP contribution in [0, 0.1) is 12.1 Å². The maximum absolute atomic E-state index is 3.67. The predicted molar refractivity (Wildman–Crippen MR) is 144 cm³/mol. The van der Waals surface area contributed by atoms with Crippen molar-refractivity contribution >= 4 is 3.71 Å². The molecule has 3 aromatic carbocycles. The van der Waals surface area contributed by atoms with Crippen LogP contribution < -0.4 is 24.8 Å². The predicted octanol–water partition coefficient (Wildman–Crippen LogP) is 2.35. The molecule has 188 valence electrons. The van der Waals surface area contributed by atoms with E-state index in [2.05, 4.69) is 118 Å². The van der Waals surface area contributed by atoms with Crippen LogP contribution in [0.2, 0.25) is 0 Å². The fraction of sp³-hybridized carbons (Fsp3) is 0.303. The number of allylic oxidation sites excluding steroid dienone is 4. The number of hydrogen-bond acceptors (Lipinski definition) is 0. The van der Waals surface area contributed by atoms with Crippen LogP contribution in [-0.4, -0.2) is 3.71 Å². The van der Waals surface area contributed by atoms with Crippen LogP contribution in [0.4, 0.5) is 0 Å². The van der Waals surface area contributed by atoms with Gasteiger partial charge in [-0.05, 0) is 28.4 Å².